The monoisotopic (exact) mass is 508 g/mol. The van der Waals surface area contributed by atoms with E-state index in [4.69, 9.17) is 16.3 Å². The molecule has 0 fully saturated rings. The molecule has 0 aromatic heterocycles. The summed E-state index contributed by atoms with van der Waals surface area (Å²) in [6, 6.07) is 12.4. The van der Waals surface area contributed by atoms with E-state index < -0.39 is 6.04 Å². The zero-order valence-electron chi connectivity index (χ0n) is 18.3. The van der Waals surface area contributed by atoms with Crippen molar-refractivity contribution in [1.82, 2.24) is 10.2 Å². The summed E-state index contributed by atoms with van der Waals surface area (Å²) in [5.74, 6) is 0.107. The zero-order chi connectivity index (χ0) is 22.8. The molecule has 2 aromatic rings. The molecular weight excluding hydrogens is 480 g/mol. The van der Waals surface area contributed by atoms with Gasteiger partial charge in [0.25, 0.3) is 5.91 Å². The first-order valence-corrected chi connectivity index (χ1v) is 11.8. The van der Waals surface area contributed by atoms with Crippen LogP contribution in [0.5, 0.6) is 5.75 Å². The van der Waals surface area contributed by atoms with Crippen LogP contribution in [-0.4, -0.2) is 35.9 Å². The molecule has 0 unspecified atom stereocenters. The molecular formula is C24H30BrClN2O3. The lowest BCUT2D eigenvalue weighted by Gasteiger charge is -2.29. The summed E-state index contributed by atoms with van der Waals surface area (Å²) >= 11 is 9.80. The number of nitrogens with one attached hydrogen (secondary N) is 1. The summed E-state index contributed by atoms with van der Waals surface area (Å²) in [6.07, 6.45) is 2.78. The number of carbonyl (C=O) groups is 2. The Morgan fingerprint density at radius 3 is 2.58 bits per heavy atom. The van der Waals surface area contributed by atoms with Crippen LogP contribution in [0.15, 0.2) is 46.9 Å². The van der Waals surface area contributed by atoms with Gasteiger partial charge in [0.1, 0.15) is 11.8 Å². The van der Waals surface area contributed by atoms with Gasteiger partial charge < -0.3 is 15.0 Å². The molecule has 31 heavy (non-hydrogen) atoms. The number of hydrogen-bond donors (Lipinski definition) is 1. The van der Waals surface area contributed by atoms with Crippen molar-refractivity contribution in [2.24, 2.45) is 0 Å². The minimum Gasteiger partial charge on any atom is -0.483 e. The molecule has 1 atom stereocenters. The first kappa shape index (κ1) is 25.2. The highest BCUT2D eigenvalue weighted by atomic mass is 79.9. The van der Waals surface area contributed by atoms with E-state index in [1.165, 1.54) is 10.5 Å². The first-order valence-electron chi connectivity index (χ1n) is 10.6. The molecule has 2 aromatic carbocycles. The van der Waals surface area contributed by atoms with E-state index in [-0.39, 0.29) is 25.0 Å². The van der Waals surface area contributed by atoms with Crippen molar-refractivity contribution in [1.29, 1.82) is 0 Å². The Balaban J connectivity index is 2.15. The summed E-state index contributed by atoms with van der Waals surface area (Å²) in [6.45, 7) is 6.49. The van der Waals surface area contributed by atoms with Crippen molar-refractivity contribution in [3.05, 3.63) is 63.1 Å². The third-order valence-electron chi connectivity index (χ3n) is 5.05. The lowest BCUT2D eigenvalue weighted by atomic mass is 10.1. The Labute approximate surface area is 198 Å². The van der Waals surface area contributed by atoms with Crippen molar-refractivity contribution >= 4 is 39.3 Å². The molecule has 0 aliphatic carbocycles. The van der Waals surface area contributed by atoms with Gasteiger partial charge in [-0.05, 0) is 65.0 Å². The molecule has 168 valence electrons. The maximum Gasteiger partial charge on any atom is 0.261 e. The van der Waals surface area contributed by atoms with Crippen LogP contribution in [0, 0.1) is 0 Å². The molecule has 2 rings (SSSR count). The van der Waals surface area contributed by atoms with Crippen LogP contribution in [0.25, 0.3) is 0 Å². The van der Waals surface area contributed by atoms with Gasteiger partial charge in [0, 0.05) is 18.1 Å². The van der Waals surface area contributed by atoms with Gasteiger partial charge in [0.05, 0.1) is 4.47 Å². The average Bonchev–Trinajstić information content (AvgIpc) is 2.77. The molecule has 1 N–H and O–H groups in total. The fourth-order valence-electron chi connectivity index (χ4n) is 3.03. The third kappa shape index (κ3) is 7.54. The highest BCUT2D eigenvalue weighted by Gasteiger charge is 2.27. The molecule has 0 saturated carbocycles. The normalized spacial score (nSPS) is 11.6. The Hall–Kier alpha value is -2.05. The Morgan fingerprint density at radius 2 is 1.94 bits per heavy atom. The van der Waals surface area contributed by atoms with Gasteiger partial charge in [-0.1, -0.05) is 56.1 Å². The maximum absolute atomic E-state index is 13.1. The quantitative estimate of drug-likeness (QED) is 0.414. The summed E-state index contributed by atoms with van der Waals surface area (Å²) in [7, 11) is 0. The van der Waals surface area contributed by atoms with Gasteiger partial charge >= 0.3 is 0 Å². The first-order chi connectivity index (χ1) is 14.9. The van der Waals surface area contributed by atoms with Gasteiger partial charge in [-0.25, -0.2) is 0 Å². The predicted octanol–water partition coefficient (Wildman–Crippen LogP) is 5.38. The number of aryl methyl sites for hydroxylation is 1. The van der Waals surface area contributed by atoms with E-state index in [0.29, 0.717) is 17.3 Å². The van der Waals surface area contributed by atoms with Gasteiger partial charge in [0.2, 0.25) is 5.91 Å². The van der Waals surface area contributed by atoms with Gasteiger partial charge in [0.15, 0.2) is 6.61 Å². The van der Waals surface area contributed by atoms with E-state index in [1.54, 1.807) is 13.0 Å². The number of ether oxygens (including phenoxy) is 1. The minimum atomic E-state index is -0.657. The van der Waals surface area contributed by atoms with Crippen LogP contribution in [0.2, 0.25) is 5.02 Å². The molecule has 0 bridgehead atoms. The predicted molar refractivity (Wildman–Crippen MR) is 128 cm³/mol. The van der Waals surface area contributed by atoms with Crippen molar-refractivity contribution in [3.8, 4) is 5.75 Å². The number of carbonyl (C=O) groups excluding carboxylic acids is 2. The van der Waals surface area contributed by atoms with Crippen molar-refractivity contribution in [3.63, 3.8) is 0 Å². The number of hydrogen-bond acceptors (Lipinski definition) is 3. The number of amides is 2. The van der Waals surface area contributed by atoms with Crippen LogP contribution < -0.4 is 10.1 Å². The SMILES string of the molecule is CCCCNC(=O)[C@H](C)N(Cc1ccccc1Cl)C(=O)COc1ccc(CC)cc1Br. The van der Waals surface area contributed by atoms with E-state index in [2.05, 4.69) is 35.1 Å². The smallest absolute Gasteiger partial charge is 0.261 e. The standard InChI is InChI=1S/C24H30BrClN2O3/c1-4-6-13-27-24(30)17(3)28(15-19-9-7-8-10-21(19)26)23(29)16-31-22-12-11-18(5-2)14-20(22)25/h7-12,14,17H,4-6,13,15-16H2,1-3H3,(H,27,30)/t17-/m0/s1. The Bertz CT molecular complexity index is 891. The van der Waals surface area contributed by atoms with E-state index in [0.717, 1.165) is 29.3 Å². The third-order valence-corrected chi connectivity index (χ3v) is 6.04. The minimum absolute atomic E-state index is 0.179. The Morgan fingerprint density at radius 1 is 1.19 bits per heavy atom. The molecule has 0 aliphatic rings. The molecule has 0 heterocycles. The molecule has 2 amide bonds. The Kier molecular flexibility index (Phi) is 10.3. The van der Waals surface area contributed by atoms with Gasteiger partial charge in [-0.15, -0.1) is 0 Å². The second-order valence-electron chi connectivity index (χ2n) is 7.34. The number of benzene rings is 2. The summed E-state index contributed by atoms with van der Waals surface area (Å²) in [5.41, 5.74) is 1.95. The van der Waals surface area contributed by atoms with Crippen molar-refractivity contribution < 1.29 is 14.3 Å². The highest BCUT2D eigenvalue weighted by molar-refractivity contribution is 9.10. The molecule has 0 spiro atoms. The molecule has 0 saturated heterocycles. The number of unbranched alkanes of at least 4 members (excludes halogenated alkanes) is 1. The average molecular weight is 510 g/mol. The maximum atomic E-state index is 13.1. The zero-order valence-corrected chi connectivity index (χ0v) is 20.6. The topological polar surface area (TPSA) is 58.6 Å². The van der Waals surface area contributed by atoms with Crippen LogP contribution in [0.3, 0.4) is 0 Å². The second-order valence-corrected chi connectivity index (χ2v) is 8.60. The number of nitrogens with zero attached hydrogens (tertiary/aromatic N) is 1. The summed E-state index contributed by atoms with van der Waals surface area (Å²) < 4.78 is 6.57. The van der Waals surface area contributed by atoms with Gasteiger partial charge in [-0.2, -0.15) is 0 Å². The number of halogens is 2. The fourth-order valence-corrected chi connectivity index (χ4v) is 3.77. The van der Waals surface area contributed by atoms with Gasteiger partial charge in [-0.3, -0.25) is 9.59 Å². The molecule has 0 radical (unpaired) electrons. The van der Waals surface area contributed by atoms with Crippen LogP contribution in [0.4, 0.5) is 0 Å². The van der Waals surface area contributed by atoms with Crippen LogP contribution in [-0.2, 0) is 22.6 Å². The molecule has 5 nitrogen and oxygen atoms in total. The largest absolute Gasteiger partial charge is 0.483 e. The fraction of sp³-hybridized carbons (Fsp3) is 0.417. The second kappa shape index (κ2) is 12.7. The van der Waals surface area contributed by atoms with Crippen LogP contribution in [0.1, 0.15) is 44.7 Å². The van der Waals surface area contributed by atoms with Crippen molar-refractivity contribution in [2.45, 2.75) is 52.6 Å². The van der Waals surface area contributed by atoms with Crippen LogP contribution >= 0.6 is 27.5 Å². The lowest BCUT2D eigenvalue weighted by molar-refractivity contribution is -0.142. The van der Waals surface area contributed by atoms with E-state index in [9.17, 15) is 9.59 Å². The number of rotatable bonds is 11. The lowest BCUT2D eigenvalue weighted by Crippen LogP contribution is -2.49. The molecule has 0 aliphatic heterocycles. The summed E-state index contributed by atoms with van der Waals surface area (Å²) in [4.78, 5) is 27.3. The van der Waals surface area contributed by atoms with Crippen molar-refractivity contribution in [2.75, 3.05) is 13.2 Å². The summed E-state index contributed by atoms with van der Waals surface area (Å²) in [5, 5.41) is 3.45. The molecule has 7 heteroatoms. The van der Waals surface area contributed by atoms with E-state index >= 15 is 0 Å². The highest BCUT2D eigenvalue weighted by Crippen LogP contribution is 2.26. The van der Waals surface area contributed by atoms with E-state index in [1.807, 2.05) is 36.4 Å².